The molecule has 1 heterocycles. The predicted octanol–water partition coefficient (Wildman–Crippen LogP) is 3.53. The van der Waals surface area contributed by atoms with Gasteiger partial charge >= 0.3 is 0 Å². The number of nitriles is 1. The topological polar surface area (TPSA) is 67.0 Å². The van der Waals surface area contributed by atoms with E-state index in [-0.39, 0.29) is 17.5 Å². The Hall–Kier alpha value is -3.00. The van der Waals surface area contributed by atoms with Gasteiger partial charge in [0.1, 0.15) is 17.4 Å². The molecule has 0 bridgehead atoms. The van der Waals surface area contributed by atoms with Crippen molar-refractivity contribution in [1.82, 2.24) is 9.88 Å². The Labute approximate surface area is 148 Å². The summed E-state index contributed by atoms with van der Waals surface area (Å²) in [5.74, 6) is 0.440. The molecule has 0 spiro atoms. The van der Waals surface area contributed by atoms with Crippen LogP contribution in [0.4, 0.5) is 0 Å². The van der Waals surface area contributed by atoms with Crippen molar-refractivity contribution < 1.29 is 9.53 Å². The molecule has 1 aromatic heterocycles. The van der Waals surface area contributed by atoms with Crippen LogP contribution in [-0.2, 0) is 4.79 Å². The molecule has 0 saturated heterocycles. The van der Waals surface area contributed by atoms with E-state index in [9.17, 15) is 10.1 Å². The van der Waals surface area contributed by atoms with Crippen LogP contribution in [0.1, 0.15) is 30.8 Å². The summed E-state index contributed by atoms with van der Waals surface area (Å²) in [6.45, 7) is 7.69. The highest BCUT2D eigenvalue weighted by atomic mass is 16.5. The van der Waals surface area contributed by atoms with Crippen molar-refractivity contribution in [2.45, 2.75) is 33.7 Å². The quantitative estimate of drug-likeness (QED) is 0.670. The molecule has 0 atom stereocenters. The van der Waals surface area contributed by atoms with Crippen molar-refractivity contribution in [3.8, 4) is 17.5 Å². The van der Waals surface area contributed by atoms with Gasteiger partial charge in [-0.15, -0.1) is 0 Å². The van der Waals surface area contributed by atoms with Gasteiger partial charge in [0.25, 0.3) is 5.91 Å². The van der Waals surface area contributed by atoms with E-state index in [1.54, 1.807) is 13.2 Å². The number of carbonyl (C=O) groups excluding carboxylic acids is 1. The first-order valence-electron chi connectivity index (χ1n) is 8.13. The fourth-order valence-electron chi connectivity index (χ4n) is 2.71. The molecule has 0 fully saturated rings. The minimum Gasteiger partial charge on any atom is -0.497 e. The molecule has 1 N–H and O–H groups in total. The maximum atomic E-state index is 12.1. The summed E-state index contributed by atoms with van der Waals surface area (Å²) in [5.41, 5.74) is 3.94. The normalized spacial score (nSPS) is 11.3. The largest absolute Gasteiger partial charge is 0.497 e. The predicted molar refractivity (Wildman–Crippen MR) is 98.7 cm³/mol. The second-order valence-electron chi connectivity index (χ2n) is 6.16. The second-order valence-corrected chi connectivity index (χ2v) is 6.16. The van der Waals surface area contributed by atoms with E-state index in [0.717, 1.165) is 28.4 Å². The summed E-state index contributed by atoms with van der Waals surface area (Å²) in [4.78, 5) is 12.1. The van der Waals surface area contributed by atoms with Crippen LogP contribution in [0, 0.1) is 25.2 Å². The highest BCUT2D eigenvalue weighted by Crippen LogP contribution is 2.24. The van der Waals surface area contributed by atoms with Crippen LogP contribution in [0.2, 0.25) is 0 Å². The molecule has 5 heteroatoms. The fourth-order valence-corrected chi connectivity index (χ4v) is 2.71. The maximum absolute atomic E-state index is 12.1. The minimum atomic E-state index is -0.355. The van der Waals surface area contributed by atoms with Gasteiger partial charge in [-0.2, -0.15) is 5.26 Å². The molecule has 0 aliphatic rings. The first-order valence-corrected chi connectivity index (χ1v) is 8.13. The van der Waals surface area contributed by atoms with Crippen LogP contribution in [0.15, 0.2) is 35.9 Å². The van der Waals surface area contributed by atoms with E-state index < -0.39 is 0 Å². The third kappa shape index (κ3) is 4.10. The van der Waals surface area contributed by atoms with Gasteiger partial charge < -0.3 is 14.6 Å². The van der Waals surface area contributed by atoms with Crippen LogP contribution in [0.3, 0.4) is 0 Å². The Morgan fingerprint density at radius 1 is 1.28 bits per heavy atom. The smallest absolute Gasteiger partial charge is 0.262 e. The molecule has 25 heavy (non-hydrogen) atoms. The van der Waals surface area contributed by atoms with E-state index >= 15 is 0 Å². The van der Waals surface area contributed by atoms with Crippen molar-refractivity contribution >= 4 is 12.0 Å². The number of aryl methyl sites for hydroxylation is 1. The van der Waals surface area contributed by atoms with Crippen molar-refractivity contribution in [1.29, 1.82) is 5.26 Å². The van der Waals surface area contributed by atoms with Gasteiger partial charge in [-0.3, -0.25) is 4.79 Å². The number of rotatable bonds is 5. The summed E-state index contributed by atoms with van der Waals surface area (Å²) in [6, 6.07) is 11.7. The third-order valence-corrected chi connectivity index (χ3v) is 3.89. The number of carbonyl (C=O) groups is 1. The molecular weight excluding hydrogens is 314 g/mol. The average molecular weight is 337 g/mol. The molecule has 0 saturated carbocycles. The summed E-state index contributed by atoms with van der Waals surface area (Å²) in [6.07, 6.45) is 1.64. The highest BCUT2D eigenvalue weighted by Gasteiger charge is 2.14. The lowest BCUT2D eigenvalue weighted by Crippen LogP contribution is -2.30. The summed E-state index contributed by atoms with van der Waals surface area (Å²) in [7, 11) is 1.63. The Morgan fingerprint density at radius 2 is 1.92 bits per heavy atom. The summed E-state index contributed by atoms with van der Waals surface area (Å²) in [5, 5.41) is 12.1. The van der Waals surface area contributed by atoms with E-state index in [2.05, 4.69) is 9.88 Å². The number of hydrogen-bond acceptors (Lipinski definition) is 3. The number of nitrogens with zero attached hydrogens (tertiary/aromatic N) is 2. The van der Waals surface area contributed by atoms with Crippen molar-refractivity contribution in [3.63, 3.8) is 0 Å². The number of hydrogen-bond donors (Lipinski definition) is 1. The molecular formula is C20H23N3O2. The lowest BCUT2D eigenvalue weighted by Gasteiger charge is -2.10. The monoisotopic (exact) mass is 337 g/mol. The zero-order chi connectivity index (χ0) is 18.6. The SMILES string of the molecule is COc1ccc(-n2c(C)cc(/C=C(/C#N)C(=O)NC(C)C)c2C)cc1. The average Bonchev–Trinajstić information content (AvgIpc) is 2.85. The van der Waals surface area contributed by atoms with Crippen LogP contribution >= 0.6 is 0 Å². The number of nitrogens with one attached hydrogen (secondary N) is 1. The molecule has 1 aromatic carbocycles. The maximum Gasteiger partial charge on any atom is 0.262 e. The van der Waals surface area contributed by atoms with Gasteiger partial charge in [-0.1, -0.05) is 0 Å². The minimum absolute atomic E-state index is 0.0176. The number of methoxy groups -OCH3 is 1. The first kappa shape index (κ1) is 18.3. The third-order valence-electron chi connectivity index (χ3n) is 3.89. The van der Waals surface area contributed by atoms with Gasteiger partial charge in [0.15, 0.2) is 0 Å². The highest BCUT2D eigenvalue weighted by molar-refractivity contribution is 6.02. The van der Waals surface area contributed by atoms with E-state index in [0.29, 0.717) is 0 Å². The molecule has 5 nitrogen and oxygen atoms in total. The zero-order valence-electron chi connectivity index (χ0n) is 15.3. The van der Waals surface area contributed by atoms with Crippen molar-refractivity contribution in [3.05, 3.63) is 52.9 Å². The molecule has 0 radical (unpaired) electrons. The lowest BCUT2D eigenvalue weighted by atomic mass is 10.1. The molecule has 130 valence electrons. The van der Waals surface area contributed by atoms with Gasteiger partial charge in [0.05, 0.1) is 7.11 Å². The van der Waals surface area contributed by atoms with Crippen molar-refractivity contribution in [2.75, 3.05) is 7.11 Å². The van der Waals surface area contributed by atoms with Gasteiger partial charge in [0.2, 0.25) is 0 Å². The Morgan fingerprint density at radius 3 is 2.44 bits per heavy atom. The molecule has 0 unspecified atom stereocenters. The number of benzene rings is 1. The Kier molecular flexibility index (Phi) is 5.66. The standard InChI is InChI=1S/C20H23N3O2/c1-13(2)22-20(24)17(12-21)11-16-10-14(3)23(15(16)4)18-6-8-19(25-5)9-7-18/h6-11,13H,1-5H3,(H,22,24)/b17-11-. The number of amides is 1. The van der Waals surface area contributed by atoms with Crippen LogP contribution in [0.5, 0.6) is 5.75 Å². The number of ether oxygens (including phenoxy) is 1. The van der Waals surface area contributed by atoms with Crippen LogP contribution < -0.4 is 10.1 Å². The first-order chi connectivity index (χ1) is 11.9. The van der Waals surface area contributed by atoms with Crippen LogP contribution in [0.25, 0.3) is 11.8 Å². The zero-order valence-corrected chi connectivity index (χ0v) is 15.3. The van der Waals surface area contributed by atoms with Gasteiger partial charge in [-0.25, -0.2) is 0 Å². The Balaban J connectivity index is 2.43. The molecule has 1 amide bonds. The van der Waals surface area contributed by atoms with Gasteiger partial charge in [-0.05, 0) is 69.7 Å². The summed E-state index contributed by atoms with van der Waals surface area (Å²) < 4.78 is 7.28. The molecule has 2 aromatic rings. The van der Waals surface area contributed by atoms with E-state index in [4.69, 9.17) is 4.74 Å². The molecule has 0 aliphatic heterocycles. The molecule has 0 aliphatic carbocycles. The summed E-state index contributed by atoms with van der Waals surface area (Å²) >= 11 is 0. The van der Waals surface area contributed by atoms with E-state index in [1.165, 1.54) is 0 Å². The molecule has 2 rings (SSSR count). The van der Waals surface area contributed by atoms with Gasteiger partial charge in [0, 0.05) is 23.1 Å². The fraction of sp³-hybridized carbons (Fsp3) is 0.300. The van der Waals surface area contributed by atoms with E-state index in [1.807, 2.05) is 64.1 Å². The number of aromatic nitrogens is 1. The lowest BCUT2D eigenvalue weighted by molar-refractivity contribution is -0.117. The Bertz CT molecular complexity index is 837. The second kappa shape index (κ2) is 7.71. The van der Waals surface area contributed by atoms with Crippen LogP contribution in [-0.4, -0.2) is 23.6 Å². The van der Waals surface area contributed by atoms with Crippen molar-refractivity contribution in [2.24, 2.45) is 0 Å².